The van der Waals surface area contributed by atoms with Gasteiger partial charge in [0.05, 0.1) is 13.0 Å². The van der Waals surface area contributed by atoms with Crippen LogP contribution in [0, 0.1) is 11.3 Å². The maximum Gasteiger partial charge on any atom is 0.309 e. The molecular weight excluding hydrogens is 154 g/mol. The lowest BCUT2D eigenvalue weighted by molar-refractivity contribution is -0.143. The Hall–Kier alpha value is -0.570. The highest BCUT2D eigenvalue weighted by Crippen LogP contribution is 2.62. The van der Waals surface area contributed by atoms with Crippen LogP contribution in [0.5, 0.6) is 0 Å². The topological polar surface area (TPSA) is 52.3 Å². The van der Waals surface area contributed by atoms with Gasteiger partial charge in [-0.3, -0.25) is 4.79 Å². The van der Waals surface area contributed by atoms with Crippen molar-refractivity contribution in [1.29, 1.82) is 0 Å². The molecule has 2 rings (SSSR count). The SMILES string of the molecule is COC(=O)C1CC12CCC(N)C2. The largest absolute Gasteiger partial charge is 0.469 e. The summed E-state index contributed by atoms with van der Waals surface area (Å²) in [7, 11) is 1.46. The number of ether oxygens (including phenoxy) is 1. The maximum atomic E-state index is 11.2. The fourth-order valence-corrected chi connectivity index (χ4v) is 2.52. The zero-order valence-corrected chi connectivity index (χ0v) is 7.38. The summed E-state index contributed by atoms with van der Waals surface area (Å²) in [6.07, 6.45) is 4.22. The summed E-state index contributed by atoms with van der Waals surface area (Å²) >= 11 is 0. The summed E-state index contributed by atoms with van der Waals surface area (Å²) in [6, 6.07) is 0.319. The smallest absolute Gasteiger partial charge is 0.309 e. The van der Waals surface area contributed by atoms with E-state index in [-0.39, 0.29) is 17.3 Å². The predicted octanol–water partition coefficient (Wildman–Crippen LogP) is 0.677. The van der Waals surface area contributed by atoms with Crippen molar-refractivity contribution in [2.24, 2.45) is 17.1 Å². The van der Waals surface area contributed by atoms with Gasteiger partial charge in [0.1, 0.15) is 0 Å². The summed E-state index contributed by atoms with van der Waals surface area (Å²) in [5.41, 5.74) is 6.06. The third kappa shape index (κ3) is 1.04. The first kappa shape index (κ1) is 8.05. The first-order valence-corrected chi connectivity index (χ1v) is 4.51. The molecule has 0 amide bonds. The summed E-state index contributed by atoms with van der Waals surface area (Å²) in [6.45, 7) is 0. The summed E-state index contributed by atoms with van der Waals surface area (Å²) in [5, 5.41) is 0. The summed E-state index contributed by atoms with van der Waals surface area (Å²) in [5.74, 6) is 0.125. The van der Waals surface area contributed by atoms with E-state index >= 15 is 0 Å². The molecule has 0 aromatic heterocycles. The van der Waals surface area contributed by atoms with E-state index < -0.39 is 0 Å². The first-order chi connectivity index (χ1) is 5.68. The molecule has 0 aliphatic heterocycles. The minimum atomic E-state index is -0.0379. The second-order valence-electron chi connectivity index (χ2n) is 4.15. The fraction of sp³-hybridized carbons (Fsp3) is 0.889. The van der Waals surface area contributed by atoms with Crippen molar-refractivity contribution >= 4 is 5.97 Å². The van der Waals surface area contributed by atoms with E-state index in [1.807, 2.05) is 0 Å². The van der Waals surface area contributed by atoms with Crippen LogP contribution in [0.4, 0.5) is 0 Å². The van der Waals surface area contributed by atoms with Crippen molar-refractivity contribution in [3.63, 3.8) is 0 Å². The molecule has 0 heterocycles. The molecule has 0 aromatic carbocycles. The van der Waals surface area contributed by atoms with Crippen LogP contribution < -0.4 is 5.73 Å². The van der Waals surface area contributed by atoms with Crippen LogP contribution in [0.25, 0.3) is 0 Å². The Bertz CT molecular complexity index is 217. The molecule has 3 heteroatoms. The van der Waals surface area contributed by atoms with Gasteiger partial charge in [0.25, 0.3) is 0 Å². The normalized spacial score (nSPS) is 44.8. The molecule has 3 atom stereocenters. The molecule has 0 bridgehead atoms. The monoisotopic (exact) mass is 169 g/mol. The quantitative estimate of drug-likeness (QED) is 0.587. The van der Waals surface area contributed by atoms with E-state index in [4.69, 9.17) is 10.5 Å². The Morgan fingerprint density at radius 1 is 1.58 bits per heavy atom. The lowest BCUT2D eigenvalue weighted by Crippen LogP contribution is -2.16. The molecule has 68 valence electrons. The van der Waals surface area contributed by atoms with Crippen LogP contribution in [0.2, 0.25) is 0 Å². The van der Waals surface area contributed by atoms with Gasteiger partial charge < -0.3 is 10.5 Å². The Kier molecular flexibility index (Phi) is 1.65. The molecule has 1 spiro atoms. The van der Waals surface area contributed by atoms with Gasteiger partial charge in [-0.25, -0.2) is 0 Å². The van der Waals surface area contributed by atoms with Crippen molar-refractivity contribution < 1.29 is 9.53 Å². The van der Waals surface area contributed by atoms with Gasteiger partial charge in [-0.2, -0.15) is 0 Å². The standard InChI is InChI=1S/C9H15NO2/c1-12-8(11)7-5-9(7)3-2-6(10)4-9/h6-7H,2-5,10H2,1H3. The zero-order valence-electron chi connectivity index (χ0n) is 7.38. The van der Waals surface area contributed by atoms with Crippen molar-refractivity contribution in [3.05, 3.63) is 0 Å². The highest BCUT2D eigenvalue weighted by Gasteiger charge is 2.60. The molecule has 2 N–H and O–H groups in total. The van der Waals surface area contributed by atoms with E-state index in [1.54, 1.807) is 0 Å². The minimum Gasteiger partial charge on any atom is -0.469 e. The van der Waals surface area contributed by atoms with Gasteiger partial charge in [-0.15, -0.1) is 0 Å². The summed E-state index contributed by atoms with van der Waals surface area (Å²) < 4.78 is 4.72. The van der Waals surface area contributed by atoms with E-state index in [2.05, 4.69) is 0 Å². The minimum absolute atomic E-state index is 0.0379. The van der Waals surface area contributed by atoms with Gasteiger partial charge in [-0.1, -0.05) is 0 Å². The number of methoxy groups -OCH3 is 1. The number of rotatable bonds is 1. The van der Waals surface area contributed by atoms with E-state index in [0.717, 1.165) is 25.7 Å². The second kappa shape index (κ2) is 2.46. The number of hydrogen-bond acceptors (Lipinski definition) is 3. The van der Waals surface area contributed by atoms with Crippen LogP contribution >= 0.6 is 0 Å². The highest BCUT2D eigenvalue weighted by atomic mass is 16.5. The summed E-state index contributed by atoms with van der Waals surface area (Å²) in [4.78, 5) is 11.2. The molecule has 2 aliphatic rings. The van der Waals surface area contributed by atoms with Gasteiger partial charge in [0.15, 0.2) is 0 Å². The van der Waals surface area contributed by atoms with Crippen LogP contribution in [0.3, 0.4) is 0 Å². The third-order valence-electron chi connectivity index (χ3n) is 3.36. The van der Waals surface area contributed by atoms with Crippen molar-refractivity contribution in [2.45, 2.75) is 31.7 Å². The number of hydrogen-bond donors (Lipinski definition) is 1. The van der Waals surface area contributed by atoms with Gasteiger partial charge in [0, 0.05) is 6.04 Å². The Balaban J connectivity index is 1.97. The molecule has 0 saturated heterocycles. The van der Waals surface area contributed by atoms with Crippen molar-refractivity contribution in [3.8, 4) is 0 Å². The lowest BCUT2D eigenvalue weighted by atomic mass is 10.0. The van der Waals surface area contributed by atoms with Crippen LogP contribution in [-0.2, 0) is 9.53 Å². The Morgan fingerprint density at radius 2 is 2.33 bits per heavy atom. The maximum absolute atomic E-state index is 11.2. The van der Waals surface area contributed by atoms with E-state index in [0.29, 0.717) is 6.04 Å². The Labute approximate surface area is 72.3 Å². The molecule has 0 aromatic rings. The molecule has 3 unspecified atom stereocenters. The van der Waals surface area contributed by atoms with Crippen LogP contribution in [0.1, 0.15) is 25.7 Å². The van der Waals surface area contributed by atoms with Crippen molar-refractivity contribution in [1.82, 2.24) is 0 Å². The average molecular weight is 169 g/mol. The second-order valence-corrected chi connectivity index (χ2v) is 4.15. The fourth-order valence-electron chi connectivity index (χ4n) is 2.52. The Morgan fingerprint density at radius 3 is 2.83 bits per heavy atom. The van der Waals surface area contributed by atoms with Crippen LogP contribution in [0.15, 0.2) is 0 Å². The molecule has 2 fully saturated rings. The highest BCUT2D eigenvalue weighted by molar-refractivity contribution is 5.76. The third-order valence-corrected chi connectivity index (χ3v) is 3.36. The molecule has 2 saturated carbocycles. The zero-order chi connectivity index (χ0) is 8.77. The van der Waals surface area contributed by atoms with Crippen LogP contribution in [-0.4, -0.2) is 19.1 Å². The van der Waals surface area contributed by atoms with E-state index in [1.165, 1.54) is 7.11 Å². The molecular formula is C9H15NO2. The average Bonchev–Trinajstić information content (AvgIpc) is 2.62. The number of nitrogens with two attached hydrogens (primary N) is 1. The molecule has 0 radical (unpaired) electrons. The molecule has 12 heavy (non-hydrogen) atoms. The lowest BCUT2D eigenvalue weighted by Gasteiger charge is -2.06. The molecule has 2 aliphatic carbocycles. The number of carbonyl (C=O) groups is 1. The number of esters is 1. The van der Waals surface area contributed by atoms with Gasteiger partial charge in [0.2, 0.25) is 0 Å². The number of carbonyl (C=O) groups excluding carboxylic acids is 1. The van der Waals surface area contributed by atoms with Gasteiger partial charge in [-0.05, 0) is 31.1 Å². The first-order valence-electron chi connectivity index (χ1n) is 4.51. The van der Waals surface area contributed by atoms with Gasteiger partial charge >= 0.3 is 5.97 Å². The molecule has 3 nitrogen and oxygen atoms in total. The van der Waals surface area contributed by atoms with E-state index in [9.17, 15) is 4.79 Å². The van der Waals surface area contributed by atoms with Crippen molar-refractivity contribution in [2.75, 3.05) is 7.11 Å². The predicted molar refractivity (Wildman–Crippen MR) is 44.4 cm³/mol.